The summed E-state index contributed by atoms with van der Waals surface area (Å²) < 4.78 is 5.37. The fraction of sp³-hybridized carbons (Fsp3) is 0.441. The number of alkyl carbamates (subject to hydrolysis) is 1. The number of aromatic nitrogens is 1. The molecule has 5 rings (SSSR count). The van der Waals surface area contributed by atoms with E-state index in [2.05, 4.69) is 20.7 Å². The van der Waals surface area contributed by atoms with Crippen molar-refractivity contribution in [2.45, 2.75) is 71.1 Å². The molecule has 3 aromatic rings. The molecule has 0 saturated carbocycles. The summed E-state index contributed by atoms with van der Waals surface area (Å²) in [6.07, 6.45) is 2.15. The van der Waals surface area contributed by atoms with Crippen LogP contribution in [0.15, 0.2) is 65.9 Å². The van der Waals surface area contributed by atoms with Gasteiger partial charge in [-0.3, -0.25) is 14.4 Å². The standard InChI is InChI=1S/C34H42N6O5/c1-32(2,3)45-31(44)37-33(4,5)29(42)36-26(18-23-20-35-25-15-11-10-14-24(23)25)28(41)40-17-16-27-34(21-40,30(43)39(6)38-27)19-22-12-8-7-9-13-22/h7-15,20,26,35H,16-19,21H2,1-6H3,(H,36,42)(H,37,44). The number of rotatable bonds is 8. The first-order valence-corrected chi connectivity index (χ1v) is 15.2. The number of carbonyl (C=O) groups excluding carboxylic acids is 4. The van der Waals surface area contributed by atoms with Crippen molar-refractivity contribution in [1.29, 1.82) is 0 Å². The summed E-state index contributed by atoms with van der Waals surface area (Å²) in [7, 11) is 1.65. The second kappa shape index (κ2) is 12.0. The molecule has 2 unspecified atom stereocenters. The van der Waals surface area contributed by atoms with Gasteiger partial charge in [-0.1, -0.05) is 48.5 Å². The first-order valence-electron chi connectivity index (χ1n) is 15.2. The fourth-order valence-corrected chi connectivity index (χ4v) is 6.11. The number of benzene rings is 2. The van der Waals surface area contributed by atoms with Crippen LogP contribution in [0.4, 0.5) is 4.79 Å². The van der Waals surface area contributed by atoms with E-state index in [1.165, 1.54) is 5.01 Å². The van der Waals surface area contributed by atoms with Crippen LogP contribution in [-0.2, 0) is 32.0 Å². The minimum atomic E-state index is -1.39. The van der Waals surface area contributed by atoms with Crippen LogP contribution in [0.25, 0.3) is 10.9 Å². The van der Waals surface area contributed by atoms with E-state index in [9.17, 15) is 19.2 Å². The van der Waals surface area contributed by atoms with E-state index in [0.29, 0.717) is 19.4 Å². The van der Waals surface area contributed by atoms with E-state index < -0.39 is 34.6 Å². The number of H-pyrrole nitrogens is 1. The number of aromatic amines is 1. The van der Waals surface area contributed by atoms with Gasteiger partial charge in [0.2, 0.25) is 11.8 Å². The number of likely N-dealkylation sites (tertiary alicyclic amines) is 1. The maximum absolute atomic E-state index is 14.4. The normalized spacial score (nSPS) is 19.2. The topological polar surface area (TPSA) is 136 Å². The Morgan fingerprint density at radius 3 is 2.44 bits per heavy atom. The molecule has 2 aromatic carbocycles. The average molecular weight is 615 g/mol. The van der Waals surface area contributed by atoms with Gasteiger partial charge in [0.15, 0.2) is 0 Å². The molecule has 1 fully saturated rings. The highest BCUT2D eigenvalue weighted by molar-refractivity contribution is 6.13. The van der Waals surface area contributed by atoms with Crippen LogP contribution in [-0.4, -0.2) is 81.7 Å². The highest BCUT2D eigenvalue weighted by atomic mass is 16.6. The molecule has 1 saturated heterocycles. The predicted molar refractivity (Wildman–Crippen MR) is 171 cm³/mol. The van der Waals surface area contributed by atoms with Gasteiger partial charge < -0.3 is 25.3 Å². The molecule has 238 valence electrons. The summed E-state index contributed by atoms with van der Waals surface area (Å²) >= 11 is 0. The zero-order valence-corrected chi connectivity index (χ0v) is 26.8. The Hall–Kier alpha value is -4.67. The summed E-state index contributed by atoms with van der Waals surface area (Å²) in [5.41, 5.74) is 0.389. The lowest BCUT2D eigenvalue weighted by atomic mass is 9.73. The minimum absolute atomic E-state index is 0.141. The Kier molecular flexibility index (Phi) is 8.48. The zero-order valence-electron chi connectivity index (χ0n) is 26.8. The molecular formula is C34H42N6O5. The van der Waals surface area contributed by atoms with Crippen molar-refractivity contribution in [1.82, 2.24) is 25.5 Å². The lowest BCUT2D eigenvalue weighted by molar-refractivity contribution is -0.142. The minimum Gasteiger partial charge on any atom is -0.444 e. The SMILES string of the molecule is CN1N=C2CCN(C(=O)C(Cc3c[nH]c4ccccc34)NC(=O)C(C)(C)NC(=O)OC(C)(C)C)CC2(Cc2ccccc2)C1=O. The Bertz CT molecular complexity index is 1640. The molecule has 2 atom stereocenters. The third-order valence-electron chi connectivity index (χ3n) is 8.35. The molecule has 3 heterocycles. The van der Waals surface area contributed by atoms with E-state index in [-0.39, 0.29) is 24.8 Å². The van der Waals surface area contributed by atoms with Crippen molar-refractivity contribution in [3.8, 4) is 0 Å². The van der Waals surface area contributed by atoms with Crippen molar-refractivity contribution in [3.05, 3.63) is 71.9 Å². The molecule has 4 amide bonds. The van der Waals surface area contributed by atoms with Crippen molar-refractivity contribution >= 4 is 40.4 Å². The van der Waals surface area contributed by atoms with Crippen molar-refractivity contribution < 1.29 is 23.9 Å². The summed E-state index contributed by atoms with van der Waals surface area (Å²) in [6, 6.07) is 16.5. The molecule has 45 heavy (non-hydrogen) atoms. The van der Waals surface area contributed by atoms with Crippen LogP contribution in [0.1, 0.15) is 52.2 Å². The third kappa shape index (κ3) is 6.72. The Morgan fingerprint density at radius 2 is 1.73 bits per heavy atom. The van der Waals surface area contributed by atoms with Crippen LogP contribution in [0.2, 0.25) is 0 Å². The fourth-order valence-electron chi connectivity index (χ4n) is 6.11. The van der Waals surface area contributed by atoms with E-state index in [0.717, 1.165) is 27.7 Å². The average Bonchev–Trinajstić information content (AvgIpc) is 3.49. The van der Waals surface area contributed by atoms with Gasteiger partial charge in [0.25, 0.3) is 5.91 Å². The number of ether oxygens (including phenoxy) is 1. The quantitative estimate of drug-likeness (QED) is 0.355. The summed E-state index contributed by atoms with van der Waals surface area (Å²) in [6.45, 7) is 8.83. The molecule has 11 nitrogen and oxygen atoms in total. The van der Waals surface area contributed by atoms with E-state index in [1.807, 2.05) is 60.8 Å². The van der Waals surface area contributed by atoms with Crippen molar-refractivity contribution in [2.75, 3.05) is 20.1 Å². The first-order chi connectivity index (χ1) is 21.2. The van der Waals surface area contributed by atoms with Crippen molar-refractivity contribution in [3.63, 3.8) is 0 Å². The van der Waals surface area contributed by atoms with Gasteiger partial charge in [-0.25, -0.2) is 9.80 Å². The van der Waals surface area contributed by atoms with E-state index in [1.54, 1.807) is 46.6 Å². The van der Waals surface area contributed by atoms with E-state index in [4.69, 9.17) is 4.74 Å². The van der Waals surface area contributed by atoms with Gasteiger partial charge >= 0.3 is 6.09 Å². The molecule has 0 spiro atoms. The summed E-state index contributed by atoms with van der Waals surface area (Å²) in [4.78, 5) is 59.3. The molecule has 2 aliphatic heterocycles. The maximum Gasteiger partial charge on any atom is 0.408 e. The molecule has 11 heteroatoms. The molecule has 0 radical (unpaired) electrons. The second-order valence-electron chi connectivity index (χ2n) is 13.5. The molecule has 0 bridgehead atoms. The van der Waals surface area contributed by atoms with E-state index >= 15 is 0 Å². The number of amides is 4. The van der Waals surface area contributed by atoms with Gasteiger partial charge in [0.1, 0.15) is 22.6 Å². The number of carbonyl (C=O) groups is 4. The first kappa shape index (κ1) is 31.7. The van der Waals surface area contributed by atoms with Crippen LogP contribution in [0.3, 0.4) is 0 Å². The third-order valence-corrected chi connectivity index (χ3v) is 8.35. The van der Waals surface area contributed by atoms with Crippen LogP contribution in [0, 0.1) is 5.41 Å². The zero-order chi connectivity index (χ0) is 32.6. The lowest BCUT2D eigenvalue weighted by Crippen LogP contribution is -2.62. The second-order valence-corrected chi connectivity index (χ2v) is 13.5. The Balaban J connectivity index is 1.43. The predicted octanol–water partition coefficient (Wildman–Crippen LogP) is 3.79. The number of piperidine rings is 1. The smallest absolute Gasteiger partial charge is 0.408 e. The largest absolute Gasteiger partial charge is 0.444 e. The summed E-state index contributed by atoms with van der Waals surface area (Å²) in [5, 5.41) is 12.4. The van der Waals surface area contributed by atoms with Crippen LogP contribution in [0.5, 0.6) is 0 Å². The number of hydrazone groups is 1. The van der Waals surface area contributed by atoms with Gasteiger partial charge in [-0.05, 0) is 58.2 Å². The number of hydrogen-bond donors (Lipinski definition) is 3. The van der Waals surface area contributed by atoms with Crippen molar-refractivity contribution in [2.24, 2.45) is 10.5 Å². The van der Waals surface area contributed by atoms with Crippen LogP contribution < -0.4 is 10.6 Å². The number of para-hydroxylation sites is 1. The number of fused-ring (bicyclic) bond motifs is 2. The van der Waals surface area contributed by atoms with Gasteiger partial charge in [0, 0.05) is 50.1 Å². The lowest BCUT2D eigenvalue weighted by Gasteiger charge is -2.41. The molecule has 3 N–H and O–H groups in total. The number of hydrogen-bond acceptors (Lipinski definition) is 6. The molecule has 1 aromatic heterocycles. The van der Waals surface area contributed by atoms with Gasteiger partial charge in [-0.15, -0.1) is 0 Å². The maximum atomic E-state index is 14.4. The summed E-state index contributed by atoms with van der Waals surface area (Å²) in [5.74, 6) is -1.00. The number of nitrogens with zero attached hydrogens (tertiary/aromatic N) is 3. The van der Waals surface area contributed by atoms with Gasteiger partial charge in [0.05, 0.1) is 5.71 Å². The Morgan fingerprint density at radius 1 is 1.04 bits per heavy atom. The van der Waals surface area contributed by atoms with Gasteiger partial charge in [-0.2, -0.15) is 5.10 Å². The molecule has 2 aliphatic rings. The highest BCUT2D eigenvalue weighted by Crippen LogP contribution is 2.38. The molecular weight excluding hydrogens is 572 g/mol. The Labute approximate surface area is 263 Å². The monoisotopic (exact) mass is 614 g/mol. The highest BCUT2D eigenvalue weighted by Gasteiger charge is 2.54. The number of nitrogens with one attached hydrogen (secondary N) is 3. The van der Waals surface area contributed by atoms with Crippen LogP contribution >= 0.6 is 0 Å². The molecule has 0 aliphatic carbocycles.